The number of hydrogen-bond donors (Lipinski definition) is 1. The van der Waals surface area contributed by atoms with Crippen LogP contribution in [0.1, 0.15) is 0 Å². The molecule has 3 aromatic rings. The van der Waals surface area contributed by atoms with Gasteiger partial charge in [0.25, 0.3) is 10.0 Å². The van der Waals surface area contributed by atoms with Crippen molar-refractivity contribution in [2.45, 2.75) is 4.90 Å². The maximum absolute atomic E-state index is 13.0. The van der Waals surface area contributed by atoms with Gasteiger partial charge in [-0.05, 0) is 23.6 Å². The molecule has 122 valence electrons. The zero-order valence-electron chi connectivity index (χ0n) is 12.8. The predicted molar refractivity (Wildman–Crippen MR) is 94.1 cm³/mol. The summed E-state index contributed by atoms with van der Waals surface area (Å²) in [6.07, 6.45) is 0. The first-order valence-corrected chi connectivity index (χ1v) is 8.78. The number of nitrogens with zero attached hydrogens (tertiary/aromatic N) is 1. The largest absolute Gasteiger partial charge is 0.368 e. The summed E-state index contributed by atoms with van der Waals surface area (Å²) in [5.74, 6) is -0.720. The van der Waals surface area contributed by atoms with Crippen LogP contribution in [-0.2, 0) is 14.8 Å². The van der Waals surface area contributed by atoms with Crippen LogP contribution in [0, 0.1) is 0 Å². The molecule has 0 unspecified atom stereocenters. The van der Waals surface area contributed by atoms with Crippen molar-refractivity contribution in [2.75, 3.05) is 10.8 Å². The number of fused-ring (bicyclic) bond motifs is 1. The quantitative estimate of drug-likeness (QED) is 0.775. The first-order chi connectivity index (χ1) is 11.5. The molecule has 24 heavy (non-hydrogen) atoms. The molecule has 2 N–H and O–H groups in total. The van der Waals surface area contributed by atoms with Gasteiger partial charge in [-0.2, -0.15) is 0 Å². The summed E-state index contributed by atoms with van der Waals surface area (Å²) >= 11 is 0. The molecule has 0 fully saturated rings. The van der Waals surface area contributed by atoms with E-state index >= 15 is 0 Å². The van der Waals surface area contributed by atoms with Gasteiger partial charge in [0.1, 0.15) is 6.54 Å². The van der Waals surface area contributed by atoms with Crippen LogP contribution in [0.25, 0.3) is 10.8 Å². The summed E-state index contributed by atoms with van der Waals surface area (Å²) < 4.78 is 27.1. The highest BCUT2D eigenvalue weighted by atomic mass is 32.2. The van der Waals surface area contributed by atoms with Crippen LogP contribution in [0.4, 0.5) is 5.69 Å². The van der Waals surface area contributed by atoms with Gasteiger partial charge in [0.05, 0.1) is 10.6 Å². The van der Waals surface area contributed by atoms with Crippen molar-refractivity contribution in [1.29, 1.82) is 0 Å². The third kappa shape index (κ3) is 2.96. The average molecular weight is 340 g/mol. The van der Waals surface area contributed by atoms with Crippen molar-refractivity contribution in [3.05, 3.63) is 72.8 Å². The van der Waals surface area contributed by atoms with Crippen LogP contribution in [0.3, 0.4) is 0 Å². The topological polar surface area (TPSA) is 80.5 Å². The highest BCUT2D eigenvalue weighted by Crippen LogP contribution is 2.30. The lowest BCUT2D eigenvalue weighted by Gasteiger charge is -2.24. The van der Waals surface area contributed by atoms with Gasteiger partial charge < -0.3 is 5.73 Å². The number of nitrogens with two attached hydrogens (primary N) is 1. The molecule has 5 nitrogen and oxygen atoms in total. The highest BCUT2D eigenvalue weighted by molar-refractivity contribution is 7.92. The molecule has 0 heterocycles. The zero-order chi connectivity index (χ0) is 17.2. The van der Waals surface area contributed by atoms with Gasteiger partial charge in [0.2, 0.25) is 5.91 Å². The summed E-state index contributed by atoms with van der Waals surface area (Å²) in [6.45, 7) is -0.425. The summed E-state index contributed by atoms with van der Waals surface area (Å²) in [7, 11) is -3.91. The molecule has 0 spiro atoms. The minimum Gasteiger partial charge on any atom is -0.368 e. The Morgan fingerprint density at radius 3 is 2.21 bits per heavy atom. The molecule has 0 saturated carbocycles. The molecule has 3 aromatic carbocycles. The Kier molecular flexibility index (Phi) is 4.22. The van der Waals surface area contributed by atoms with Crippen LogP contribution >= 0.6 is 0 Å². The zero-order valence-corrected chi connectivity index (χ0v) is 13.6. The highest BCUT2D eigenvalue weighted by Gasteiger charge is 2.27. The van der Waals surface area contributed by atoms with Crippen molar-refractivity contribution < 1.29 is 13.2 Å². The van der Waals surface area contributed by atoms with Crippen molar-refractivity contribution in [3.8, 4) is 0 Å². The van der Waals surface area contributed by atoms with Crippen LogP contribution in [-0.4, -0.2) is 20.9 Å². The lowest BCUT2D eigenvalue weighted by molar-refractivity contribution is -0.116. The molecule has 3 rings (SSSR count). The van der Waals surface area contributed by atoms with Crippen LogP contribution < -0.4 is 10.0 Å². The molecule has 1 amide bonds. The summed E-state index contributed by atoms with van der Waals surface area (Å²) in [5, 5.41) is 1.62. The number of rotatable bonds is 5. The van der Waals surface area contributed by atoms with Crippen molar-refractivity contribution in [2.24, 2.45) is 5.73 Å². The fraction of sp³-hybridized carbons (Fsp3) is 0.0556. The fourth-order valence-corrected chi connectivity index (χ4v) is 4.06. The first-order valence-electron chi connectivity index (χ1n) is 7.34. The Hall–Kier alpha value is -2.86. The molecule has 0 aliphatic rings. The van der Waals surface area contributed by atoms with Crippen LogP contribution in [0.15, 0.2) is 77.7 Å². The van der Waals surface area contributed by atoms with Gasteiger partial charge in [0.15, 0.2) is 0 Å². The maximum Gasteiger partial charge on any atom is 0.264 e. The van der Waals surface area contributed by atoms with E-state index in [1.165, 1.54) is 12.1 Å². The Morgan fingerprint density at radius 1 is 0.875 bits per heavy atom. The standard InChI is InChI=1S/C18H16N2O3S/c19-18(21)13-20(24(22,23)15-9-2-1-3-10-15)17-12-6-8-14-7-4-5-11-16(14)17/h1-12H,13H2,(H2,19,21). The molecule has 6 heteroatoms. The number of hydrogen-bond acceptors (Lipinski definition) is 3. The molecule has 0 saturated heterocycles. The smallest absolute Gasteiger partial charge is 0.264 e. The molecule has 0 atom stereocenters. The van der Waals surface area contributed by atoms with Crippen molar-refractivity contribution in [3.63, 3.8) is 0 Å². The second kappa shape index (κ2) is 6.33. The molecule has 0 aliphatic carbocycles. The number of carbonyl (C=O) groups excluding carboxylic acids is 1. The number of primary amides is 1. The Balaban J connectivity index is 2.22. The lowest BCUT2D eigenvalue weighted by atomic mass is 10.1. The van der Waals surface area contributed by atoms with Crippen LogP contribution in [0.2, 0.25) is 0 Å². The van der Waals surface area contributed by atoms with E-state index in [0.717, 1.165) is 15.1 Å². The average Bonchev–Trinajstić information content (AvgIpc) is 2.60. The van der Waals surface area contributed by atoms with E-state index < -0.39 is 22.5 Å². The second-order valence-electron chi connectivity index (χ2n) is 5.29. The molecule has 0 radical (unpaired) electrons. The third-order valence-corrected chi connectivity index (χ3v) is 5.44. The number of carbonyl (C=O) groups is 1. The van der Waals surface area contributed by atoms with Gasteiger partial charge in [-0.15, -0.1) is 0 Å². The second-order valence-corrected chi connectivity index (χ2v) is 7.15. The summed E-state index contributed by atoms with van der Waals surface area (Å²) in [5.41, 5.74) is 5.73. The van der Waals surface area contributed by atoms with Crippen molar-refractivity contribution >= 4 is 32.4 Å². The van der Waals surface area contributed by atoms with E-state index in [0.29, 0.717) is 5.69 Å². The maximum atomic E-state index is 13.0. The first kappa shape index (κ1) is 16.0. The van der Waals surface area contributed by atoms with E-state index in [2.05, 4.69) is 0 Å². The van der Waals surface area contributed by atoms with E-state index in [1.807, 2.05) is 30.3 Å². The molecular weight excluding hydrogens is 324 g/mol. The number of anilines is 1. The van der Waals surface area contributed by atoms with E-state index in [1.54, 1.807) is 30.3 Å². The number of benzene rings is 3. The Labute approximate surface area is 140 Å². The van der Waals surface area contributed by atoms with Gasteiger partial charge in [0, 0.05) is 5.39 Å². The fourth-order valence-electron chi connectivity index (χ4n) is 2.59. The third-order valence-electron chi connectivity index (χ3n) is 3.67. The Bertz CT molecular complexity index is 980. The van der Waals surface area contributed by atoms with Crippen LogP contribution in [0.5, 0.6) is 0 Å². The van der Waals surface area contributed by atoms with Gasteiger partial charge >= 0.3 is 0 Å². The molecule has 0 aliphatic heterocycles. The van der Waals surface area contributed by atoms with E-state index in [4.69, 9.17) is 5.73 Å². The van der Waals surface area contributed by atoms with E-state index in [9.17, 15) is 13.2 Å². The van der Waals surface area contributed by atoms with Gasteiger partial charge in [-0.25, -0.2) is 8.42 Å². The lowest BCUT2D eigenvalue weighted by Crippen LogP contribution is -2.38. The SMILES string of the molecule is NC(=O)CN(c1cccc2ccccc12)S(=O)(=O)c1ccccc1. The monoisotopic (exact) mass is 340 g/mol. The number of amides is 1. The molecule has 0 aromatic heterocycles. The normalized spacial score (nSPS) is 11.3. The Morgan fingerprint density at radius 2 is 1.50 bits per heavy atom. The van der Waals surface area contributed by atoms with Gasteiger partial charge in [-0.1, -0.05) is 54.6 Å². The predicted octanol–water partition coefficient (Wildman–Crippen LogP) is 2.52. The van der Waals surface area contributed by atoms with Crippen molar-refractivity contribution in [1.82, 2.24) is 0 Å². The van der Waals surface area contributed by atoms with E-state index in [-0.39, 0.29) is 4.90 Å². The minimum atomic E-state index is -3.91. The summed E-state index contributed by atoms with van der Waals surface area (Å²) in [4.78, 5) is 11.6. The minimum absolute atomic E-state index is 0.110. The summed E-state index contributed by atoms with van der Waals surface area (Å²) in [6, 6.07) is 20.7. The van der Waals surface area contributed by atoms with Gasteiger partial charge in [-0.3, -0.25) is 9.10 Å². The molecule has 0 bridgehead atoms. The molecular formula is C18H16N2O3S. The number of sulfonamides is 1.